The highest BCUT2D eigenvalue weighted by atomic mass is 32.1. The normalized spacial score (nSPS) is 17.3. The van der Waals surface area contributed by atoms with E-state index in [1.807, 2.05) is 11.4 Å². The first kappa shape index (κ1) is 12.7. The number of aliphatic hydroxyl groups excluding tert-OH is 1. The van der Waals surface area contributed by atoms with E-state index in [4.69, 9.17) is 5.73 Å². The second-order valence-electron chi connectivity index (χ2n) is 4.11. The molecule has 86 valence electrons. The number of hydrogen-bond acceptors (Lipinski definition) is 3. The Morgan fingerprint density at radius 2 is 2.27 bits per heavy atom. The van der Waals surface area contributed by atoms with Gasteiger partial charge in [0.15, 0.2) is 0 Å². The molecule has 0 spiro atoms. The predicted octanol–water partition coefficient (Wildman–Crippen LogP) is 2.59. The van der Waals surface area contributed by atoms with Gasteiger partial charge in [-0.3, -0.25) is 0 Å². The number of thiophene rings is 1. The Hall–Kier alpha value is -0.380. The first-order chi connectivity index (χ1) is 7.20. The molecule has 15 heavy (non-hydrogen) atoms. The van der Waals surface area contributed by atoms with Gasteiger partial charge in [0.2, 0.25) is 0 Å². The van der Waals surface area contributed by atoms with Crippen molar-refractivity contribution in [2.24, 2.45) is 11.7 Å². The first-order valence-corrected chi connectivity index (χ1v) is 6.50. The molecule has 0 fully saturated rings. The van der Waals surface area contributed by atoms with Crippen LogP contribution in [0.5, 0.6) is 0 Å². The van der Waals surface area contributed by atoms with Crippen molar-refractivity contribution in [3.63, 3.8) is 0 Å². The Morgan fingerprint density at radius 3 is 2.73 bits per heavy atom. The van der Waals surface area contributed by atoms with Gasteiger partial charge in [-0.2, -0.15) is 0 Å². The maximum atomic E-state index is 10.2. The quantitative estimate of drug-likeness (QED) is 0.784. The number of aliphatic hydroxyl groups is 1. The Balaban J connectivity index is 2.66. The third kappa shape index (κ3) is 3.30. The van der Waals surface area contributed by atoms with Gasteiger partial charge < -0.3 is 10.8 Å². The maximum Gasteiger partial charge on any atom is 0.0654 e. The van der Waals surface area contributed by atoms with Gasteiger partial charge in [-0.15, -0.1) is 11.3 Å². The summed E-state index contributed by atoms with van der Waals surface area (Å²) < 4.78 is 0. The summed E-state index contributed by atoms with van der Waals surface area (Å²) in [5, 5.41) is 12.2. The lowest BCUT2D eigenvalue weighted by Crippen LogP contribution is -2.30. The Morgan fingerprint density at radius 1 is 1.53 bits per heavy atom. The summed E-state index contributed by atoms with van der Waals surface area (Å²) in [4.78, 5) is 1.20. The third-order valence-electron chi connectivity index (χ3n) is 2.90. The van der Waals surface area contributed by atoms with E-state index in [0.717, 1.165) is 12.8 Å². The van der Waals surface area contributed by atoms with Gasteiger partial charge in [-0.05, 0) is 23.8 Å². The summed E-state index contributed by atoms with van der Waals surface area (Å²) in [6.45, 7) is 4.77. The topological polar surface area (TPSA) is 46.2 Å². The molecule has 1 heterocycles. The zero-order chi connectivity index (χ0) is 11.3. The molecule has 1 rings (SSSR count). The van der Waals surface area contributed by atoms with Crippen LogP contribution in [0.2, 0.25) is 0 Å². The van der Waals surface area contributed by atoms with E-state index in [1.165, 1.54) is 4.88 Å². The lowest BCUT2D eigenvalue weighted by atomic mass is 9.88. The van der Waals surface area contributed by atoms with Crippen LogP contribution in [0.1, 0.15) is 37.5 Å². The molecule has 0 aliphatic rings. The van der Waals surface area contributed by atoms with Crippen molar-refractivity contribution in [2.75, 3.05) is 6.54 Å². The van der Waals surface area contributed by atoms with E-state index < -0.39 is 0 Å². The highest BCUT2D eigenvalue weighted by Gasteiger charge is 2.25. The average molecular weight is 227 g/mol. The largest absolute Gasteiger partial charge is 0.392 e. The molecule has 0 aliphatic heterocycles. The molecule has 0 aliphatic carbocycles. The number of hydrogen-bond donors (Lipinski definition) is 2. The van der Waals surface area contributed by atoms with Crippen LogP contribution < -0.4 is 5.73 Å². The van der Waals surface area contributed by atoms with Gasteiger partial charge in [0.25, 0.3) is 0 Å². The van der Waals surface area contributed by atoms with Crippen LogP contribution in [-0.4, -0.2) is 17.8 Å². The van der Waals surface area contributed by atoms with Crippen molar-refractivity contribution in [1.29, 1.82) is 0 Å². The van der Waals surface area contributed by atoms with Crippen LogP contribution in [0.3, 0.4) is 0 Å². The fourth-order valence-corrected chi connectivity index (χ4v) is 2.83. The van der Waals surface area contributed by atoms with Crippen molar-refractivity contribution < 1.29 is 5.11 Å². The van der Waals surface area contributed by atoms with E-state index in [2.05, 4.69) is 19.9 Å². The van der Waals surface area contributed by atoms with Crippen LogP contribution in [0, 0.1) is 5.92 Å². The summed E-state index contributed by atoms with van der Waals surface area (Å²) in [5.74, 6) is 0.428. The minimum absolute atomic E-state index is 0.103. The standard InChI is InChI=1S/C12H21NOS/c1-3-5-9(2)12(14)10(8-13)11-6-4-7-15-11/h4,6-7,9-10,12,14H,3,5,8,13H2,1-2H3. The van der Waals surface area contributed by atoms with E-state index in [1.54, 1.807) is 11.3 Å². The Bertz CT molecular complexity index is 261. The summed E-state index contributed by atoms with van der Waals surface area (Å²) in [5.41, 5.74) is 5.75. The molecule has 2 nitrogen and oxygen atoms in total. The van der Waals surface area contributed by atoms with Crippen LogP contribution in [0.15, 0.2) is 17.5 Å². The van der Waals surface area contributed by atoms with Gasteiger partial charge in [0.05, 0.1) is 6.10 Å². The van der Waals surface area contributed by atoms with Crippen molar-refractivity contribution >= 4 is 11.3 Å². The molecule has 3 atom stereocenters. The van der Waals surface area contributed by atoms with Gasteiger partial charge in [0.1, 0.15) is 0 Å². The molecule has 3 heteroatoms. The molecule has 3 N–H and O–H groups in total. The zero-order valence-corrected chi connectivity index (χ0v) is 10.3. The number of rotatable bonds is 6. The second-order valence-corrected chi connectivity index (χ2v) is 5.09. The summed E-state index contributed by atoms with van der Waals surface area (Å²) in [7, 11) is 0. The maximum absolute atomic E-state index is 10.2. The van der Waals surface area contributed by atoms with Gasteiger partial charge in [0, 0.05) is 17.3 Å². The van der Waals surface area contributed by atoms with E-state index in [-0.39, 0.29) is 12.0 Å². The van der Waals surface area contributed by atoms with Gasteiger partial charge >= 0.3 is 0 Å². The van der Waals surface area contributed by atoms with E-state index in [9.17, 15) is 5.11 Å². The van der Waals surface area contributed by atoms with E-state index >= 15 is 0 Å². The number of nitrogens with two attached hydrogens (primary N) is 1. The fourth-order valence-electron chi connectivity index (χ4n) is 1.95. The molecule has 1 aromatic rings. The second kappa shape index (κ2) is 6.26. The molecule has 0 saturated carbocycles. The third-order valence-corrected chi connectivity index (χ3v) is 3.91. The molecule has 0 radical (unpaired) electrons. The van der Waals surface area contributed by atoms with Crippen molar-refractivity contribution in [2.45, 2.75) is 38.7 Å². The van der Waals surface area contributed by atoms with Crippen LogP contribution in [-0.2, 0) is 0 Å². The Kier molecular flexibility index (Phi) is 5.29. The molecule has 0 bridgehead atoms. The highest BCUT2D eigenvalue weighted by molar-refractivity contribution is 7.10. The van der Waals surface area contributed by atoms with Crippen LogP contribution in [0.4, 0.5) is 0 Å². The first-order valence-electron chi connectivity index (χ1n) is 5.62. The van der Waals surface area contributed by atoms with Crippen molar-refractivity contribution in [1.82, 2.24) is 0 Å². The summed E-state index contributed by atoms with van der Waals surface area (Å²) >= 11 is 1.68. The lowest BCUT2D eigenvalue weighted by Gasteiger charge is -2.25. The smallest absolute Gasteiger partial charge is 0.0654 e. The van der Waals surface area contributed by atoms with Crippen LogP contribution >= 0.6 is 11.3 Å². The fraction of sp³-hybridized carbons (Fsp3) is 0.667. The van der Waals surface area contributed by atoms with Crippen LogP contribution in [0.25, 0.3) is 0 Å². The monoisotopic (exact) mass is 227 g/mol. The van der Waals surface area contributed by atoms with Crippen molar-refractivity contribution in [3.8, 4) is 0 Å². The molecule has 0 amide bonds. The van der Waals surface area contributed by atoms with Gasteiger partial charge in [-0.1, -0.05) is 26.3 Å². The minimum atomic E-state index is -0.311. The lowest BCUT2D eigenvalue weighted by molar-refractivity contribution is 0.0869. The van der Waals surface area contributed by atoms with Crippen molar-refractivity contribution in [3.05, 3.63) is 22.4 Å². The zero-order valence-electron chi connectivity index (χ0n) is 9.52. The molecule has 0 saturated heterocycles. The molecular weight excluding hydrogens is 206 g/mol. The SMILES string of the molecule is CCCC(C)C(O)C(CN)c1cccs1. The summed E-state index contributed by atoms with van der Waals surface area (Å²) in [6.07, 6.45) is 1.86. The summed E-state index contributed by atoms with van der Waals surface area (Å²) in [6, 6.07) is 4.07. The molecular formula is C12H21NOS. The highest BCUT2D eigenvalue weighted by Crippen LogP contribution is 2.28. The predicted molar refractivity (Wildman–Crippen MR) is 66.2 cm³/mol. The van der Waals surface area contributed by atoms with E-state index in [0.29, 0.717) is 12.5 Å². The molecule has 0 aromatic carbocycles. The molecule has 1 aromatic heterocycles. The molecule has 3 unspecified atom stereocenters. The van der Waals surface area contributed by atoms with Gasteiger partial charge in [-0.25, -0.2) is 0 Å². The minimum Gasteiger partial charge on any atom is -0.392 e. The Labute approximate surface area is 96.1 Å². The average Bonchev–Trinajstić information content (AvgIpc) is 2.72.